The van der Waals surface area contributed by atoms with E-state index in [0.717, 1.165) is 13.1 Å². The average molecular weight is 232 g/mol. The summed E-state index contributed by atoms with van der Waals surface area (Å²) in [6.45, 7) is 11.0. The van der Waals surface area contributed by atoms with Crippen LogP contribution in [0.5, 0.6) is 0 Å². The molecule has 2 nitrogen and oxygen atoms in total. The number of nitrogens with two attached hydrogens (primary N) is 1. The molecule has 1 aliphatic heterocycles. The lowest BCUT2D eigenvalue weighted by atomic mass is 9.78. The fraction of sp³-hybridized carbons (Fsp3) is 0.600. The molecule has 1 aliphatic rings. The third-order valence-electron chi connectivity index (χ3n) is 4.30. The minimum absolute atomic E-state index is 0.262. The van der Waals surface area contributed by atoms with Crippen molar-refractivity contribution in [2.24, 2.45) is 11.1 Å². The first-order chi connectivity index (χ1) is 7.90. The minimum Gasteiger partial charge on any atom is -0.370 e. The molecule has 2 heteroatoms. The van der Waals surface area contributed by atoms with Gasteiger partial charge < -0.3 is 10.6 Å². The van der Waals surface area contributed by atoms with E-state index < -0.39 is 0 Å². The monoisotopic (exact) mass is 232 g/mol. The Hall–Kier alpha value is -1.02. The van der Waals surface area contributed by atoms with Crippen LogP contribution in [-0.2, 0) is 0 Å². The van der Waals surface area contributed by atoms with Crippen LogP contribution in [0, 0.1) is 19.3 Å². The van der Waals surface area contributed by atoms with Gasteiger partial charge in [-0.15, -0.1) is 0 Å². The summed E-state index contributed by atoms with van der Waals surface area (Å²) in [7, 11) is 0. The third kappa shape index (κ3) is 2.47. The van der Waals surface area contributed by atoms with Crippen LogP contribution >= 0.6 is 0 Å². The molecule has 2 N–H and O–H groups in total. The van der Waals surface area contributed by atoms with E-state index in [9.17, 15) is 0 Å². The van der Waals surface area contributed by atoms with Crippen molar-refractivity contribution in [2.75, 3.05) is 18.0 Å². The van der Waals surface area contributed by atoms with Gasteiger partial charge in [-0.1, -0.05) is 19.9 Å². The van der Waals surface area contributed by atoms with Crippen molar-refractivity contribution in [1.29, 1.82) is 0 Å². The highest BCUT2D eigenvalue weighted by atomic mass is 15.2. The fourth-order valence-electron chi connectivity index (χ4n) is 2.34. The van der Waals surface area contributed by atoms with Gasteiger partial charge in [0.15, 0.2) is 0 Å². The second kappa shape index (κ2) is 4.34. The van der Waals surface area contributed by atoms with E-state index in [2.05, 4.69) is 50.8 Å². The highest BCUT2D eigenvalue weighted by Crippen LogP contribution is 2.32. The van der Waals surface area contributed by atoms with Crippen LogP contribution < -0.4 is 10.6 Å². The van der Waals surface area contributed by atoms with Crippen molar-refractivity contribution in [3.63, 3.8) is 0 Å². The maximum atomic E-state index is 6.27. The molecular weight excluding hydrogens is 208 g/mol. The first-order valence-corrected chi connectivity index (χ1v) is 6.48. The molecule has 1 atom stereocenters. The molecule has 2 rings (SSSR count). The lowest BCUT2D eigenvalue weighted by molar-refractivity contribution is 0.235. The molecule has 0 saturated carbocycles. The van der Waals surface area contributed by atoms with Gasteiger partial charge in [0.25, 0.3) is 0 Å². The zero-order valence-corrected chi connectivity index (χ0v) is 11.5. The molecule has 1 aromatic carbocycles. The van der Waals surface area contributed by atoms with Gasteiger partial charge in [0, 0.05) is 24.8 Å². The standard InChI is InChI=1S/C15H24N2/c1-11-5-6-13(9-12(11)2)17-8-7-15(3,4)14(16)10-17/h5-6,9,14H,7-8,10,16H2,1-4H3. The van der Waals surface area contributed by atoms with Crippen LogP contribution in [-0.4, -0.2) is 19.1 Å². The van der Waals surface area contributed by atoms with Crippen LogP contribution in [0.25, 0.3) is 0 Å². The van der Waals surface area contributed by atoms with E-state index in [4.69, 9.17) is 5.73 Å². The van der Waals surface area contributed by atoms with E-state index >= 15 is 0 Å². The van der Waals surface area contributed by atoms with Gasteiger partial charge >= 0.3 is 0 Å². The second-order valence-corrected chi connectivity index (χ2v) is 6.06. The number of anilines is 1. The lowest BCUT2D eigenvalue weighted by Gasteiger charge is -2.43. The molecule has 0 bridgehead atoms. The van der Waals surface area contributed by atoms with Gasteiger partial charge in [-0.25, -0.2) is 0 Å². The quantitative estimate of drug-likeness (QED) is 0.806. The van der Waals surface area contributed by atoms with Gasteiger partial charge in [-0.2, -0.15) is 0 Å². The summed E-state index contributed by atoms with van der Waals surface area (Å²) in [5.41, 5.74) is 10.6. The van der Waals surface area contributed by atoms with Gasteiger partial charge in [0.2, 0.25) is 0 Å². The van der Waals surface area contributed by atoms with Gasteiger partial charge in [0.1, 0.15) is 0 Å². The minimum atomic E-state index is 0.262. The Morgan fingerprint density at radius 3 is 2.53 bits per heavy atom. The molecule has 1 fully saturated rings. The van der Waals surface area contributed by atoms with Crippen LogP contribution in [0.4, 0.5) is 5.69 Å². The summed E-state index contributed by atoms with van der Waals surface area (Å²) in [4.78, 5) is 2.42. The normalized spacial score (nSPS) is 23.8. The van der Waals surface area contributed by atoms with Crippen LogP contribution in [0.1, 0.15) is 31.4 Å². The summed E-state index contributed by atoms with van der Waals surface area (Å²) < 4.78 is 0. The molecule has 0 spiro atoms. The molecule has 0 aromatic heterocycles. The highest BCUT2D eigenvalue weighted by molar-refractivity contribution is 5.51. The molecule has 0 aliphatic carbocycles. The SMILES string of the molecule is Cc1ccc(N2CCC(C)(C)C(N)C2)cc1C. The van der Waals surface area contributed by atoms with Crippen molar-refractivity contribution in [2.45, 2.75) is 40.2 Å². The Bertz CT molecular complexity index is 409. The zero-order valence-electron chi connectivity index (χ0n) is 11.5. The Morgan fingerprint density at radius 2 is 1.94 bits per heavy atom. The molecule has 1 aromatic rings. The Balaban J connectivity index is 2.17. The van der Waals surface area contributed by atoms with E-state index in [1.165, 1.54) is 23.2 Å². The summed E-state index contributed by atoms with van der Waals surface area (Å²) in [5.74, 6) is 0. The van der Waals surface area contributed by atoms with Gasteiger partial charge in [0.05, 0.1) is 0 Å². The summed E-state index contributed by atoms with van der Waals surface area (Å²) >= 11 is 0. The van der Waals surface area contributed by atoms with E-state index in [-0.39, 0.29) is 11.5 Å². The lowest BCUT2D eigenvalue weighted by Crippen LogP contribution is -2.52. The van der Waals surface area contributed by atoms with Crippen molar-refractivity contribution >= 4 is 5.69 Å². The molecular formula is C15H24N2. The smallest absolute Gasteiger partial charge is 0.0369 e. The second-order valence-electron chi connectivity index (χ2n) is 6.06. The number of aryl methyl sites for hydroxylation is 2. The predicted molar refractivity (Wildman–Crippen MR) is 74.5 cm³/mol. The Kier molecular flexibility index (Phi) is 3.17. The Morgan fingerprint density at radius 1 is 1.24 bits per heavy atom. The Labute approximate surface area is 105 Å². The number of piperidine rings is 1. The zero-order chi connectivity index (χ0) is 12.6. The molecule has 1 heterocycles. The maximum Gasteiger partial charge on any atom is 0.0369 e. The fourth-order valence-corrected chi connectivity index (χ4v) is 2.34. The summed E-state index contributed by atoms with van der Waals surface area (Å²) in [6.07, 6.45) is 1.17. The molecule has 17 heavy (non-hydrogen) atoms. The molecule has 0 amide bonds. The van der Waals surface area contributed by atoms with Crippen molar-refractivity contribution in [3.8, 4) is 0 Å². The molecule has 0 radical (unpaired) electrons. The topological polar surface area (TPSA) is 29.3 Å². The number of rotatable bonds is 1. The first kappa shape index (κ1) is 12.4. The predicted octanol–water partition coefficient (Wildman–Crippen LogP) is 2.87. The largest absolute Gasteiger partial charge is 0.370 e. The van der Waals surface area contributed by atoms with Crippen LogP contribution in [0.15, 0.2) is 18.2 Å². The first-order valence-electron chi connectivity index (χ1n) is 6.48. The van der Waals surface area contributed by atoms with Crippen molar-refractivity contribution in [3.05, 3.63) is 29.3 Å². The molecule has 94 valence electrons. The number of hydrogen-bond acceptors (Lipinski definition) is 2. The molecule has 1 unspecified atom stereocenters. The number of hydrogen-bond donors (Lipinski definition) is 1. The van der Waals surface area contributed by atoms with Gasteiger partial charge in [-0.3, -0.25) is 0 Å². The maximum absolute atomic E-state index is 6.27. The van der Waals surface area contributed by atoms with Crippen molar-refractivity contribution < 1.29 is 0 Å². The molecule has 1 saturated heterocycles. The summed E-state index contributed by atoms with van der Waals surface area (Å²) in [5, 5.41) is 0. The van der Waals surface area contributed by atoms with Crippen LogP contribution in [0.2, 0.25) is 0 Å². The van der Waals surface area contributed by atoms with Gasteiger partial charge in [-0.05, 0) is 48.9 Å². The van der Waals surface area contributed by atoms with E-state index in [0.29, 0.717) is 0 Å². The van der Waals surface area contributed by atoms with Crippen molar-refractivity contribution in [1.82, 2.24) is 0 Å². The summed E-state index contributed by atoms with van der Waals surface area (Å²) in [6, 6.07) is 6.96. The highest BCUT2D eigenvalue weighted by Gasteiger charge is 2.32. The third-order valence-corrected chi connectivity index (χ3v) is 4.30. The number of benzene rings is 1. The van der Waals surface area contributed by atoms with E-state index in [1.807, 2.05) is 0 Å². The average Bonchev–Trinajstić information content (AvgIpc) is 2.26. The van der Waals surface area contributed by atoms with Crippen LogP contribution in [0.3, 0.4) is 0 Å². The van der Waals surface area contributed by atoms with E-state index in [1.54, 1.807) is 0 Å². The number of nitrogens with zero attached hydrogens (tertiary/aromatic N) is 1.